The molecule has 0 aliphatic rings. The Hall–Kier alpha value is -3.35. The molecule has 128 valence electrons. The van der Waals surface area contributed by atoms with Gasteiger partial charge in [-0.2, -0.15) is 4.98 Å². The van der Waals surface area contributed by atoms with Crippen LogP contribution in [0.15, 0.2) is 59.1 Å². The number of hydrogen-bond acceptors (Lipinski definition) is 5. The van der Waals surface area contributed by atoms with E-state index in [0.717, 1.165) is 0 Å². The van der Waals surface area contributed by atoms with Gasteiger partial charge in [0.25, 0.3) is 0 Å². The number of anilines is 1. The highest BCUT2D eigenvalue weighted by Crippen LogP contribution is 2.29. The first-order valence-corrected chi connectivity index (χ1v) is 7.81. The van der Waals surface area contributed by atoms with Crippen LogP contribution in [0.4, 0.5) is 10.5 Å². The molecule has 2 aromatic carbocycles. The third-order valence-corrected chi connectivity index (χ3v) is 3.37. The highest BCUT2D eigenvalue weighted by molar-refractivity contribution is 5.91. The summed E-state index contributed by atoms with van der Waals surface area (Å²) in [6, 6.07) is 15.8. The van der Waals surface area contributed by atoms with E-state index >= 15 is 0 Å². The van der Waals surface area contributed by atoms with Gasteiger partial charge >= 0.3 is 6.03 Å². The molecule has 25 heavy (non-hydrogen) atoms. The fourth-order valence-corrected chi connectivity index (χ4v) is 2.18. The summed E-state index contributed by atoms with van der Waals surface area (Å²) < 4.78 is 10.9. The Morgan fingerprint density at radius 1 is 1.12 bits per heavy atom. The first-order chi connectivity index (χ1) is 12.1. The Morgan fingerprint density at radius 2 is 1.84 bits per heavy atom. The first-order valence-electron chi connectivity index (χ1n) is 7.81. The molecule has 3 aromatic rings. The molecular formula is C18H18N4O3. The number of rotatable bonds is 5. The Labute approximate surface area is 145 Å². The van der Waals surface area contributed by atoms with Crippen LogP contribution in [0.25, 0.3) is 0 Å². The van der Waals surface area contributed by atoms with Crippen molar-refractivity contribution < 1.29 is 14.1 Å². The van der Waals surface area contributed by atoms with Gasteiger partial charge in [-0.25, -0.2) is 4.79 Å². The summed E-state index contributed by atoms with van der Waals surface area (Å²) in [6.45, 7) is 3.48. The van der Waals surface area contributed by atoms with Crippen molar-refractivity contribution in [1.82, 2.24) is 15.5 Å². The average Bonchev–Trinajstić information content (AvgIpc) is 3.04. The monoisotopic (exact) mass is 338 g/mol. The molecule has 0 aliphatic carbocycles. The zero-order chi connectivity index (χ0) is 17.6. The van der Waals surface area contributed by atoms with Crippen LogP contribution in [0.3, 0.4) is 0 Å². The first kappa shape index (κ1) is 16.5. The quantitative estimate of drug-likeness (QED) is 0.732. The summed E-state index contributed by atoms with van der Waals surface area (Å²) in [7, 11) is 0. The molecule has 7 nitrogen and oxygen atoms in total. The molecule has 0 bridgehead atoms. The fourth-order valence-electron chi connectivity index (χ4n) is 2.18. The Kier molecular flexibility index (Phi) is 4.94. The van der Waals surface area contributed by atoms with Crippen molar-refractivity contribution >= 4 is 11.7 Å². The molecule has 0 spiro atoms. The molecule has 0 radical (unpaired) electrons. The van der Waals surface area contributed by atoms with Crippen molar-refractivity contribution in [2.75, 3.05) is 5.32 Å². The van der Waals surface area contributed by atoms with Crippen molar-refractivity contribution in [1.29, 1.82) is 0 Å². The number of amides is 2. The van der Waals surface area contributed by atoms with E-state index in [4.69, 9.17) is 9.26 Å². The van der Waals surface area contributed by atoms with E-state index in [1.165, 1.54) is 0 Å². The summed E-state index contributed by atoms with van der Waals surface area (Å²) in [4.78, 5) is 16.3. The lowest BCUT2D eigenvalue weighted by Gasteiger charge is -2.14. The summed E-state index contributed by atoms with van der Waals surface area (Å²) >= 11 is 0. The van der Waals surface area contributed by atoms with Gasteiger partial charge in [0.05, 0.1) is 5.69 Å². The predicted molar refractivity (Wildman–Crippen MR) is 92.6 cm³/mol. The van der Waals surface area contributed by atoms with Crippen LogP contribution < -0.4 is 15.4 Å². The second-order valence-electron chi connectivity index (χ2n) is 5.41. The van der Waals surface area contributed by atoms with E-state index in [9.17, 15) is 4.79 Å². The van der Waals surface area contributed by atoms with E-state index in [2.05, 4.69) is 20.8 Å². The van der Waals surface area contributed by atoms with Crippen LogP contribution in [-0.2, 0) is 0 Å². The minimum Gasteiger partial charge on any atom is -0.455 e. The number of benzene rings is 2. The molecule has 1 aromatic heterocycles. The maximum atomic E-state index is 12.2. The molecular weight excluding hydrogens is 320 g/mol. The van der Waals surface area contributed by atoms with Crippen LogP contribution in [0, 0.1) is 6.92 Å². The normalized spacial score (nSPS) is 11.6. The Bertz CT molecular complexity index is 848. The molecule has 0 saturated heterocycles. The van der Waals surface area contributed by atoms with E-state index in [-0.39, 0.29) is 0 Å². The molecule has 0 fully saturated rings. The van der Waals surface area contributed by atoms with Gasteiger partial charge in [-0.15, -0.1) is 0 Å². The Morgan fingerprint density at radius 3 is 2.56 bits per heavy atom. The summed E-state index contributed by atoms with van der Waals surface area (Å²) in [5.74, 6) is 2.10. The molecule has 0 saturated carbocycles. The lowest BCUT2D eigenvalue weighted by molar-refractivity contribution is 0.245. The number of hydrogen-bond donors (Lipinski definition) is 2. The number of ether oxygens (including phenoxy) is 1. The molecule has 2 N–H and O–H groups in total. The van der Waals surface area contributed by atoms with Gasteiger partial charge in [0.2, 0.25) is 5.89 Å². The largest absolute Gasteiger partial charge is 0.455 e. The lowest BCUT2D eigenvalue weighted by Crippen LogP contribution is -2.31. The minimum absolute atomic E-state index is 0.349. The molecule has 2 amide bonds. The molecule has 1 unspecified atom stereocenters. The maximum absolute atomic E-state index is 12.2. The number of aryl methyl sites for hydroxylation is 1. The van der Waals surface area contributed by atoms with Gasteiger partial charge < -0.3 is 19.9 Å². The van der Waals surface area contributed by atoms with E-state index < -0.39 is 12.1 Å². The molecule has 3 rings (SSSR count). The van der Waals surface area contributed by atoms with Crippen molar-refractivity contribution in [2.24, 2.45) is 0 Å². The predicted octanol–water partition coefficient (Wildman–Crippen LogP) is 4.05. The minimum atomic E-state index is -0.414. The number of aromatic nitrogens is 2. The zero-order valence-electron chi connectivity index (χ0n) is 13.9. The van der Waals surface area contributed by atoms with Gasteiger partial charge in [-0.3, -0.25) is 0 Å². The number of nitrogens with one attached hydrogen (secondary N) is 2. The van der Waals surface area contributed by atoms with Crippen LogP contribution in [0.2, 0.25) is 0 Å². The van der Waals surface area contributed by atoms with Crippen LogP contribution in [0.1, 0.15) is 24.7 Å². The third kappa shape index (κ3) is 4.35. The number of nitrogens with zero attached hydrogens (tertiary/aromatic N) is 2. The van der Waals surface area contributed by atoms with E-state index in [0.29, 0.717) is 28.9 Å². The van der Waals surface area contributed by atoms with Gasteiger partial charge in [-0.1, -0.05) is 35.5 Å². The summed E-state index contributed by atoms with van der Waals surface area (Å²) in [5.41, 5.74) is 0.553. The Balaban J connectivity index is 1.67. The molecule has 1 heterocycles. The smallest absolute Gasteiger partial charge is 0.319 e. The van der Waals surface area contributed by atoms with Crippen molar-refractivity contribution in [3.63, 3.8) is 0 Å². The van der Waals surface area contributed by atoms with Gasteiger partial charge in [0.1, 0.15) is 11.8 Å². The van der Waals surface area contributed by atoms with Gasteiger partial charge in [-0.05, 0) is 38.1 Å². The van der Waals surface area contributed by atoms with Crippen molar-refractivity contribution in [3.05, 3.63) is 66.3 Å². The molecule has 0 aliphatic heterocycles. The maximum Gasteiger partial charge on any atom is 0.319 e. The average molecular weight is 338 g/mol. The van der Waals surface area contributed by atoms with Gasteiger partial charge in [0, 0.05) is 0 Å². The number of urea groups is 1. The SMILES string of the molecule is Cc1noc(C(C)NC(=O)Nc2ccccc2Oc2ccccc2)n1. The zero-order valence-corrected chi connectivity index (χ0v) is 13.9. The second kappa shape index (κ2) is 7.48. The van der Waals surface area contributed by atoms with Gasteiger partial charge in [0.15, 0.2) is 11.6 Å². The van der Waals surface area contributed by atoms with Crippen LogP contribution >= 0.6 is 0 Å². The molecule has 1 atom stereocenters. The second-order valence-corrected chi connectivity index (χ2v) is 5.41. The fraction of sp³-hybridized carbons (Fsp3) is 0.167. The van der Waals surface area contributed by atoms with Crippen LogP contribution in [0.5, 0.6) is 11.5 Å². The standard InChI is InChI=1S/C18H18N4O3/c1-12(17-20-13(2)22-25-17)19-18(23)21-15-10-6-7-11-16(15)24-14-8-4-3-5-9-14/h3-12H,1-2H3,(H2,19,21,23). The summed E-state index contributed by atoms with van der Waals surface area (Å²) in [5, 5.41) is 9.23. The topological polar surface area (TPSA) is 89.3 Å². The third-order valence-electron chi connectivity index (χ3n) is 3.37. The number of carbonyl (C=O) groups excluding carboxylic acids is 1. The van der Waals surface area contributed by atoms with Crippen LogP contribution in [-0.4, -0.2) is 16.2 Å². The number of carbonyl (C=O) groups is 1. The summed E-state index contributed by atoms with van der Waals surface area (Å²) in [6.07, 6.45) is 0. The van der Waals surface area contributed by atoms with E-state index in [1.54, 1.807) is 26.0 Å². The van der Waals surface area contributed by atoms with Crippen molar-refractivity contribution in [2.45, 2.75) is 19.9 Å². The lowest BCUT2D eigenvalue weighted by atomic mass is 10.3. The molecule has 7 heteroatoms. The highest BCUT2D eigenvalue weighted by Gasteiger charge is 2.16. The van der Waals surface area contributed by atoms with E-state index in [1.807, 2.05) is 42.5 Å². The highest BCUT2D eigenvalue weighted by atomic mass is 16.5. The number of para-hydroxylation sites is 3. The van der Waals surface area contributed by atoms with Crippen molar-refractivity contribution in [3.8, 4) is 11.5 Å².